The Morgan fingerprint density at radius 2 is 1.76 bits per heavy atom. The van der Waals surface area contributed by atoms with Crippen LogP contribution >= 0.6 is 15.9 Å². The topological polar surface area (TPSA) is 89.3 Å². The molecule has 21 heavy (non-hydrogen) atoms. The van der Waals surface area contributed by atoms with E-state index in [9.17, 15) is 13.2 Å². The number of nitrogens with one attached hydrogen (secondary N) is 1. The third-order valence-corrected chi connectivity index (χ3v) is 4.31. The lowest BCUT2D eigenvalue weighted by Crippen LogP contribution is -2.14. The van der Waals surface area contributed by atoms with Crippen LogP contribution in [-0.2, 0) is 10.0 Å². The Balaban J connectivity index is 2.22. The Kier molecular flexibility index (Phi) is 4.46. The fraction of sp³-hybridized carbons (Fsp3) is 0.0714. The Bertz CT molecular complexity index is 786. The maximum atomic E-state index is 12.2. The number of benzene rings is 2. The molecule has 0 saturated heterocycles. The Morgan fingerprint density at radius 3 is 2.33 bits per heavy atom. The molecule has 0 heterocycles. The average molecular weight is 369 g/mol. The summed E-state index contributed by atoms with van der Waals surface area (Å²) in [6.07, 6.45) is 0. The van der Waals surface area contributed by atoms with E-state index in [0.29, 0.717) is 11.3 Å². The van der Waals surface area contributed by atoms with Gasteiger partial charge in [0.2, 0.25) is 10.0 Å². The van der Waals surface area contributed by atoms with Gasteiger partial charge < -0.3 is 5.32 Å². The van der Waals surface area contributed by atoms with Gasteiger partial charge in [-0.05, 0) is 48.9 Å². The smallest absolute Gasteiger partial charge is 0.255 e. The van der Waals surface area contributed by atoms with Crippen molar-refractivity contribution >= 4 is 37.5 Å². The number of nitrogens with two attached hydrogens (primary N) is 1. The zero-order valence-electron chi connectivity index (χ0n) is 11.1. The van der Waals surface area contributed by atoms with Gasteiger partial charge in [-0.15, -0.1) is 0 Å². The second kappa shape index (κ2) is 5.97. The van der Waals surface area contributed by atoms with Crippen LogP contribution in [0.2, 0.25) is 0 Å². The summed E-state index contributed by atoms with van der Waals surface area (Å²) in [7, 11) is -3.73. The highest BCUT2D eigenvalue weighted by Crippen LogP contribution is 2.18. The molecule has 7 heteroatoms. The van der Waals surface area contributed by atoms with E-state index in [1.54, 1.807) is 6.07 Å². The molecule has 0 aliphatic rings. The van der Waals surface area contributed by atoms with Gasteiger partial charge in [-0.1, -0.05) is 22.0 Å². The molecule has 0 saturated carbocycles. The number of rotatable bonds is 3. The first kappa shape index (κ1) is 15.7. The van der Waals surface area contributed by atoms with Crippen molar-refractivity contribution in [3.8, 4) is 0 Å². The van der Waals surface area contributed by atoms with Crippen LogP contribution in [0, 0.1) is 6.92 Å². The number of aryl methyl sites for hydroxylation is 1. The summed E-state index contributed by atoms with van der Waals surface area (Å²) in [4.78, 5) is 12.2. The van der Waals surface area contributed by atoms with Gasteiger partial charge in [0.25, 0.3) is 5.91 Å². The van der Waals surface area contributed by atoms with Crippen LogP contribution in [0.3, 0.4) is 0 Å². The van der Waals surface area contributed by atoms with E-state index < -0.39 is 10.0 Å². The predicted octanol–water partition coefficient (Wildman–Crippen LogP) is 2.66. The van der Waals surface area contributed by atoms with Crippen molar-refractivity contribution in [2.45, 2.75) is 11.8 Å². The molecule has 0 atom stereocenters. The van der Waals surface area contributed by atoms with Gasteiger partial charge in [0, 0.05) is 15.7 Å². The number of anilines is 1. The first-order chi connectivity index (χ1) is 9.77. The monoisotopic (exact) mass is 368 g/mol. The molecule has 0 aliphatic carbocycles. The molecule has 0 aromatic heterocycles. The first-order valence-corrected chi connectivity index (χ1v) is 8.31. The number of hydrogen-bond donors (Lipinski definition) is 2. The number of carbonyl (C=O) groups is 1. The van der Waals surface area contributed by atoms with Crippen LogP contribution in [0.1, 0.15) is 15.9 Å². The van der Waals surface area contributed by atoms with E-state index in [1.807, 2.05) is 19.1 Å². The molecule has 3 N–H and O–H groups in total. The summed E-state index contributed by atoms with van der Waals surface area (Å²) >= 11 is 3.32. The summed E-state index contributed by atoms with van der Waals surface area (Å²) in [6, 6.07) is 11.1. The van der Waals surface area contributed by atoms with Crippen molar-refractivity contribution in [3.05, 3.63) is 58.1 Å². The number of amides is 1. The van der Waals surface area contributed by atoms with Crippen molar-refractivity contribution in [3.63, 3.8) is 0 Å². The molecule has 0 spiro atoms. The van der Waals surface area contributed by atoms with E-state index in [-0.39, 0.29) is 10.8 Å². The minimum atomic E-state index is -3.73. The number of sulfonamides is 1. The van der Waals surface area contributed by atoms with Crippen LogP contribution in [0.5, 0.6) is 0 Å². The molecule has 110 valence electrons. The molecule has 0 fully saturated rings. The molecular weight excluding hydrogens is 356 g/mol. The van der Waals surface area contributed by atoms with Gasteiger partial charge in [-0.25, -0.2) is 13.6 Å². The molecule has 0 aliphatic heterocycles. The van der Waals surface area contributed by atoms with E-state index in [0.717, 1.165) is 10.0 Å². The van der Waals surface area contributed by atoms with Gasteiger partial charge in [0.05, 0.1) is 4.90 Å². The predicted molar refractivity (Wildman–Crippen MR) is 84.6 cm³/mol. The third kappa shape index (κ3) is 3.90. The SMILES string of the molecule is Cc1ccc(Br)cc1C(=O)Nc1ccc(S(N)(=O)=O)cc1. The fourth-order valence-corrected chi connectivity index (χ4v) is 2.64. The van der Waals surface area contributed by atoms with Gasteiger partial charge in [0.15, 0.2) is 0 Å². The lowest BCUT2D eigenvalue weighted by molar-refractivity contribution is 0.102. The lowest BCUT2D eigenvalue weighted by atomic mass is 10.1. The van der Waals surface area contributed by atoms with Gasteiger partial charge in [0.1, 0.15) is 0 Å². The minimum absolute atomic E-state index is 0.000801. The van der Waals surface area contributed by atoms with Crippen LogP contribution in [-0.4, -0.2) is 14.3 Å². The van der Waals surface area contributed by atoms with E-state index in [2.05, 4.69) is 21.2 Å². The van der Waals surface area contributed by atoms with Crippen LogP contribution < -0.4 is 10.5 Å². The Hall–Kier alpha value is -1.70. The van der Waals surface area contributed by atoms with Crippen molar-refractivity contribution in [1.29, 1.82) is 0 Å². The number of carbonyl (C=O) groups excluding carboxylic acids is 1. The lowest BCUT2D eigenvalue weighted by Gasteiger charge is -2.08. The number of halogens is 1. The Morgan fingerprint density at radius 1 is 1.14 bits per heavy atom. The summed E-state index contributed by atoms with van der Waals surface area (Å²) in [5, 5.41) is 7.72. The molecule has 0 bridgehead atoms. The first-order valence-electron chi connectivity index (χ1n) is 5.98. The van der Waals surface area contributed by atoms with Crippen molar-refractivity contribution in [2.75, 3.05) is 5.32 Å². The largest absolute Gasteiger partial charge is 0.322 e. The second-order valence-corrected chi connectivity index (χ2v) is 6.96. The van der Waals surface area contributed by atoms with E-state index >= 15 is 0 Å². The standard InChI is InChI=1S/C14H13BrN2O3S/c1-9-2-3-10(15)8-13(9)14(18)17-11-4-6-12(7-5-11)21(16,19)20/h2-8H,1H3,(H,17,18)(H2,16,19,20). The summed E-state index contributed by atoms with van der Waals surface area (Å²) in [5.41, 5.74) is 1.88. The van der Waals surface area contributed by atoms with Crippen molar-refractivity contribution in [2.24, 2.45) is 5.14 Å². The van der Waals surface area contributed by atoms with Crippen LogP contribution in [0.15, 0.2) is 51.8 Å². The molecule has 2 aromatic rings. The van der Waals surface area contributed by atoms with Gasteiger partial charge in [-0.3, -0.25) is 4.79 Å². The normalized spacial score (nSPS) is 11.2. The highest BCUT2D eigenvalue weighted by Gasteiger charge is 2.11. The zero-order valence-corrected chi connectivity index (χ0v) is 13.5. The summed E-state index contributed by atoms with van der Waals surface area (Å²) in [5.74, 6) is -0.267. The average Bonchev–Trinajstić information content (AvgIpc) is 2.41. The maximum absolute atomic E-state index is 12.2. The summed E-state index contributed by atoms with van der Waals surface area (Å²) in [6.45, 7) is 1.84. The highest BCUT2D eigenvalue weighted by molar-refractivity contribution is 9.10. The number of hydrogen-bond acceptors (Lipinski definition) is 3. The van der Waals surface area contributed by atoms with E-state index in [4.69, 9.17) is 5.14 Å². The fourth-order valence-electron chi connectivity index (χ4n) is 1.77. The molecule has 5 nitrogen and oxygen atoms in total. The molecule has 2 aromatic carbocycles. The van der Waals surface area contributed by atoms with Gasteiger partial charge >= 0.3 is 0 Å². The van der Waals surface area contributed by atoms with Crippen LogP contribution in [0.4, 0.5) is 5.69 Å². The Labute approximate surface area is 131 Å². The molecular formula is C14H13BrN2O3S. The van der Waals surface area contributed by atoms with Crippen LogP contribution in [0.25, 0.3) is 0 Å². The number of primary sulfonamides is 1. The molecule has 0 unspecified atom stereocenters. The maximum Gasteiger partial charge on any atom is 0.255 e. The molecule has 0 radical (unpaired) electrons. The molecule has 2 rings (SSSR count). The molecule has 1 amide bonds. The zero-order chi connectivity index (χ0) is 15.6. The second-order valence-electron chi connectivity index (χ2n) is 4.48. The quantitative estimate of drug-likeness (QED) is 0.872. The highest BCUT2D eigenvalue weighted by atomic mass is 79.9. The van der Waals surface area contributed by atoms with Crippen molar-refractivity contribution in [1.82, 2.24) is 0 Å². The van der Waals surface area contributed by atoms with Gasteiger partial charge in [-0.2, -0.15) is 0 Å². The minimum Gasteiger partial charge on any atom is -0.322 e. The summed E-state index contributed by atoms with van der Waals surface area (Å²) < 4.78 is 23.1. The third-order valence-electron chi connectivity index (χ3n) is 2.88. The van der Waals surface area contributed by atoms with Crippen molar-refractivity contribution < 1.29 is 13.2 Å². The van der Waals surface area contributed by atoms with E-state index in [1.165, 1.54) is 24.3 Å².